The summed E-state index contributed by atoms with van der Waals surface area (Å²) < 4.78 is 45.1. The van der Waals surface area contributed by atoms with Crippen molar-refractivity contribution >= 4 is 11.9 Å². The number of methoxy groups -OCH3 is 1. The molecule has 5 nitrogen and oxygen atoms in total. The van der Waals surface area contributed by atoms with Gasteiger partial charge in [-0.25, -0.2) is 18.0 Å². The molecule has 1 N–H and O–H groups in total. The van der Waals surface area contributed by atoms with Crippen LogP contribution >= 0.6 is 0 Å². The van der Waals surface area contributed by atoms with Crippen LogP contribution in [0.3, 0.4) is 0 Å². The van der Waals surface area contributed by atoms with Crippen molar-refractivity contribution in [3.8, 4) is 0 Å². The van der Waals surface area contributed by atoms with Crippen LogP contribution in [0.25, 0.3) is 0 Å². The highest BCUT2D eigenvalue weighted by Crippen LogP contribution is 2.25. The molecule has 0 aromatic heterocycles. The number of carbonyl (C=O) groups excluding carboxylic acids is 1. The van der Waals surface area contributed by atoms with Crippen molar-refractivity contribution in [2.24, 2.45) is 0 Å². The van der Waals surface area contributed by atoms with Gasteiger partial charge in [-0.1, -0.05) is 0 Å². The number of aliphatic carboxylic acids is 1. The standard InChI is InChI=1S/C13H12F3NO4/c1-21-7-4-10(13(19)20)17(5-7)12(18)11-8(15)2-6(14)3-9(11)16/h2-3,7,10H,4-5H2,1H3,(H,19,20). The predicted octanol–water partition coefficient (Wildman–Crippen LogP) is 1.42. The highest BCUT2D eigenvalue weighted by Gasteiger charge is 2.41. The van der Waals surface area contributed by atoms with E-state index in [4.69, 9.17) is 9.84 Å². The maximum absolute atomic E-state index is 13.6. The number of rotatable bonds is 3. The predicted molar refractivity (Wildman–Crippen MR) is 64.2 cm³/mol. The van der Waals surface area contributed by atoms with E-state index in [1.165, 1.54) is 7.11 Å². The molecule has 8 heteroatoms. The molecule has 0 radical (unpaired) electrons. The van der Waals surface area contributed by atoms with Gasteiger partial charge >= 0.3 is 5.97 Å². The third-order valence-corrected chi connectivity index (χ3v) is 3.36. The van der Waals surface area contributed by atoms with Crippen LogP contribution in [0, 0.1) is 17.5 Å². The first-order valence-corrected chi connectivity index (χ1v) is 6.06. The molecule has 1 aromatic rings. The van der Waals surface area contributed by atoms with Gasteiger partial charge in [-0.15, -0.1) is 0 Å². The first-order chi connectivity index (χ1) is 9.85. The third-order valence-electron chi connectivity index (χ3n) is 3.36. The molecule has 0 aliphatic carbocycles. The fourth-order valence-corrected chi connectivity index (χ4v) is 2.32. The van der Waals surface area contributed by atoms with Gasteiger partial charge in [0.15, 0.2) is 0 Å². The summed E-state index contributed by atoms with van der Waals surface area (Å²) in [5.74, 6) is -6.35. The normalized spacial score (nSPS) is 21.6. The van der Waals surface area contributed by atoms with Crippen molar-refractivity contribution in [1.29, 1.82) is 0 Å². The lowest BCUT2D eigenvalue weighted by Gasteiger charge is -2.21. The van der Waals surface area contributed by atoms with Gasteiger partial charge in [-0.2, -0.15) is 0 Å². The van der Waals surface area contributed by atoms with Gasteiger partial charge in [0.25, 0.3) is 5.91 Å². The molecule has 0 spiro atoms. The fourth-order valence-electron chi connectivity index (χ4n) is 2.32. The Kier molecular flexibility index (Phi) is 4.17. The highest BCUT2D eigenvalue weighted by atomic mass is 19.1. The number of benzene rings is 1. The minimum Gasteiger partial charge on any atom is -0.480 e. The minimum absolute atomic E-state index is 0.0159. The van der Waals surface area contributed by atoms with Crippen molar-refractivity contribution in [3.63, 3.8) is 0 Å². The zero-order valence-corrected chi connectivity index (χ0v) is 11.0. The maximum atomic E-state index is 13.6. The number of hydrogen-bond acceptors (Lipinski definition) is 3. The molecule has 21 heavy (non-hydrogen) atoms. The molecule has 1 heterocycles. The summed E-state index contributed by atoms with van der Waals surface area (Å²) in [6.07, 6.45) is -0.524. The molecule has 2 rings (SSSR count). The van der Waals surface area contributed by atoms with Gasteiger partial charge in [0.2, 0.25) is 0 Å². The summed E-state index contributed by atoms with van der Waals surface area (Å²) in [4.78, 5) is 24.1. The topological polar surface area (TPSA) is 66.8 Å². The SMILES string of the molecule is COC1CC(C(=O)O)N(C(=O)c2c(F)cc(F)cc2F)C1. The van der Waals surface area contributed by atoms with Crippen LogP contribution in [-0.2, 0) is 9.53 Å². The number of hydrogen-bond donors (Lipinski definition) is 1. The number of amides is 1. The molecule has 114 valence electrons. The Morgan fingerprint density at radius 2 is 1.86 bits per heavy atom. The first-order valence-electron chi connectivity index (χ1n) is 6.06. The molecule has 1 aliphatic rings. The monoisotopic (exact) mass is 303 g/mol. The molecule has 1 aromatic carbocycles. The second-order valence-corrected chi connectivity index (χ2v) is 4.65. The Hall–Kier alpha value is -2.09. The van der Waals surface area contributed by atoms with Crippen LogP contribution < -0.4 is 0 Å². The van der Waals surface area contributed by atoms with Gasteiger partial charge in [0.1, 0.15) is 29.1 Å². The van der Waals surface area contributed by atoms with E-state index in [1.807, 2.05) is 0 Å². The Bertz CT molecular complexity index is 570. The average molecular weight is 303 g/mol. The van der Waals surface area contributed by atoms with Crippen molar-refractivity contribution in [2.45, 2.75) is 18.6 Å². The summed E-state index contributed by atoms with van der Waals surface area (Å²) in [6.45, 7) is -0.109. The molecule has 1 aliphatic heterocycles. The number of carboxylic acids is 1. The Morgan fingerprint density at radius 3 is 2.33 bits per heavy atom. The van der Waals surface area contributed by atoms with Crippen molar-refractivity contribution in [1.82, 2.24) is 4.90 Å². The van der Waals surface area contributed by atoms with Gasteiger partial charge in [0, 0.05) is 32.2 Å². The summed E-state index contributed by atoms with van der Waals surface area (Å²) >= 11 is 0. The third kappa shape index (κ3) is 2.85. The van der Waals surface area contributed by atoms with Crippen molar-refractivity contribution < 1.29 is 32.6 Å². The van der Waals surface area contributed by atoms with Gasteiger partial charge in [-0.3, -0.25) is 4.79 Å². The summed E-state index contributed by atoms with van der Waals surface area (Å²) in [5.41, 5.74) is -0.973. The largest absolute Gasteiger partial charge is 0.480 e. The van der Waals surface area contributed by atoms with E-state index in [9.17, 15) is 22.8 Å². The second-order valence-electron chi connectivity index (χ2n) is 4.65. The first kappa shape index (κ1) is 15.3. The van der Waals surface area contributed by atoms with Gasteiger partial charge in [-0.05, 0) is 0 Å². The second kappa shape index (κ2) is 5.72. The van der Waals surface area contributed by atoms with E-state index in [0.717, 1.165) is 4.90 Å². The zero-order valence-electron chi connectivity index (χ0n) is 11.0. The Balaban J connectivity index is 2.37. The Labute approximate surface area is 117 Å². The maximum Gasteiger partial charge on any atom is 0.326 e. The molecular weight excluding hydrogens is 291 g/mol. The number of ether oxygens (including phenoxy) is 1. The van der Waals surface area contributed by atoms with Crippen molar-refractivity contribution in [3.05, 3.63) is 35.1 Å². The Morgan fingerprint density at radius 1 is 1.29 bits per heavy atom. The highest BCUT2D eigenvalue weighted by molar-refractivity contribution is 5.97. The van der Waals surface area contributed by atoms with E-state index in [-0.39, 0.29) is 13.0 Å². The lowest BCUT2D eigenvalue weighted by atomic mass is 10.1. The molecule has 0 bridgehead atoms. The van der Waals surface area contributed by atoms with E-state index in [1.54, 1.807) is 0 Å². The minimum atomic E-state index is -1.37. The summed E-state index contributed by atoms with van der Waals surface area (Å²) in [5, 5.41) is 9.08. The molecule has 2 unspecified atom stereocenters. The number of carbonyl (C=O) groups is 2. The van der Waals surface area contributed by atoms with Crippen LogP contribution in [0.5, 0.6) is 0 Å². The van der Waals surface area contributed by atoms with Gasteiger partial charge in [0.05, 0.1) is 6.10 Å². The van der Waals surface area contributed by atoms with E-state index < -0.39 is 47.0 Å². The molecule has 1 saturated heterocycles. The number of halogens is 3. The van der Waals surface area contributed by atoms with Crippen LogP contribution in [0.1, 0.15) is 16.8 Å². The van der Waals surface area contributed by atoms with Crippen molar-refractivity contribution in [2.75, 3.05) is 13.7 Å². The number of nitrogens with zero attached hydrogens (tertiary/aromatic N) is 1. The van der Waals surface area contributed by atoms with E-state index in [0.29, 0.717) is 12.1 Å². The molecule has 1 fully saturated rings. The molecule has 2 atom stereocenters. The van der Waals surface area contributed by atoms with Crippen LogP contribution in [0.4, 0.5) is 13.2 Å². The average Bonchev–Trinajstić information content (AvgIpc) is 2.81. The van der Waals surface area contributed by atoms with Crippen LogP contribution in [-0.4, -0.2) is 47.7 Å². The quantitative estimate of drug-likeness (QED) is 0.917. The lowest BCUT2D eigenvalue weighted by molar-refractivity contribution is -0.141. The zero-order chi connectivity index (χ0) is 15.7. The fraction of sp³-hybridized carbons (Fsp3) is 0.385. The van der Waals surface area contributed by atoms with E-state index in [2.05, 4.69) is 0 Å². The number of likely N-dealkylation sites (tertiary alicyclic amines) is 1. The summed E-state index contributed by atoms with van der Waals surface area (Å²) in [7, 11) is 1.34. The number of carboxylic acid groups (broad SMARTS) is 1. The molecule has 0 saturated carbocycles. The van der Waals surface area contributed by atoms with Crippen LogP contribution in [0.2, 0.25) is 0 Å². The van der Waals surface area contributed by atoms with Crippen LogP contribution in [0.15, 0.2) is 12.1 Å². The van der Waals surface area contributed by atoms with Gasteiger partial charge < -0.3 is 14.7 Å². The molecule has 1 amide bonds. The molecular formula is C13H12F3NO4. The summed E-state index contributed by atoms with van der Waals surface area (Å²) in [6, 6.07) is -0.502. The smallest absolute Gasteiger partial charge is 0.326 e. The van der Waals surface area contributed by atoms with E-state index >= 15 is 0 Å². The lowest BCUT2D eigenvalue weighted by Crippen LogP contribution is -2.41.